The zero-order chi connectivity index (χ0) is 14.8. The highest BCUT2D eigenvalue weighted by Crippen LogP contribution is 2.24. The van der Waals surface area contributed by atoms with Crippen LogP contribution in [0.3, 0.4) is 0 Å². The van der Waals surface area contributed by atoms with E-state index in [0.717, 1.165) is 10.6 Å². The Hall–Kier alpha value is -2.15. The maximum absolute atomic E-state index is 12.0. The van der Waals surface area contributed by atoms with Crippen LogP contribution in [-0.2, 0) is 19.2 Å². The number of carbonyl (C=O) groups excluding carboxylic acids is 3. The molecule has 0 N–H and O–H groups in total. The van der Waals surface area contributed by atoms with Gasteiger partial charge in [0.15, 0.2) is 6.04 Å². The summed E-state index contributed by atoms with van der Waals surface area (Å²) in [6.07, 6.45) is 0.175. The van der Waals surface area contributed by atoms with Crippen molar-refractivity contribution in [3.8, 4) is 0 Å². The van der Waals surface area contributed by atoms with Crippen LogP contribution >= 0.6 is 11.8 Å². The molecular formula is C14H12N2O4S. The lowest BCUT2D eigenvalue weighted by atomic mass is 10.2. The Morgan fingerprint density at radius 1 is 1.19 bits per heavy atom. The maximum atomic E-state index is 12.0. The minimum atomic E-state index is -0.689. The second-order valence-electron chi connectivity index (χ2n) is 4.62. The summed E-state index contributed by atoms with van der Waals surface area (Å²) in [5.41, 5.74) is 0.936. The molecule has 2 aliphatic rings. The molecule has 1 fully saturated rings. The highest BCUT2D eigenvalue weighted by Gasteiger charge is 2.36. The Bertz CT molecular complexity index is 613. The van der Waals surface area contributed by atoms with E-state index in [1.165, 1.54) is 11.8 Å². The van der Waals surface area contributed by atoms with E-state index in [0.29, 0.717) is 10.8 Å². The van der Waals surface area contributed by atoms with Gasteiger partial charge in [0.25, 0.3) is 11.8 Å². The van der Waals surface area contributed by atoms with Crippen molar-refractivity contribution in [2.24, 2.45) is 4.99 Å². The standard InChI is InChI=1S/C14H12N2O4S/c17-11-6-7-12(18)16(11)20-14(19)10-8-21-13(15-10)9-4-2-1-3-5-9/h1-5,10H,6-8H2. The largest absolute Gasteiger partial charge is 0.358 e. The highest BCUT2D eigenvalue weighted by atomic mass is 32.2. The zero-order valence-electron chi connectivity index (χ0n) is 11.0. The average Bonchev–Trinajstić information content (AvgIpc) is 3.11. The van der Waals surface area contributed by atoms with Gasteiger partial charge in [0.1, 0.15) is 0 Å². The SMILES string of the molecule is O=C(ON1C(=O)CCC1=O)C1CSC(c2ccccc2)=N1. The summed E-state index contributed by atoms with van der Waals surface area (Å²) in [6, 6.07) is 8.82. The Morgan fingerprint density at radius 3 is 2.52 bits per heavy atom. The third-order valence-electron chi connectivity index (χ3n) is 3.13. The third-order valence-corrected chi connectivity index (χ3v) is 4.23. The van der Waals surface area contributed by atoms with Crippen LogP contribution in [0.4, 0.5) is 0 Å². The molecule has 0 aliphatic carbocycles. The van der Waals surface area contributed by atoms with E-state index in [2.05, 4.69) is 4.99 Å². The summed E-state index contributed by atoms with van der Waals surface area (Å²) in [5, 5.41) is 1.32. The normalized spacial score (nSPS) is 21.6. The third kappa shape index (κ3) is 2.82. The zero-order valence-corrected chi connectivity index (χ0v) is 11.8. The molecule has 0 bridgehead atoms. The van der Waals surface area contributed by atoms with E-state index < -0.39 is 23.8 Å². The Morgan fingerprint density at radius 2 is 1.86 bits per heavy atom. The van der Waals surface area contributed by atoms with Crippen LogP contribution in [0.1, 0.15) is 18.4 Å². The number of carbonyl (C=O) groups is 3. The molecule has 1 aromatic rings. The van der Waals surface area contributed by atoms with Crippen molar-refractivity contribution in [2.75, 3.05) is 5.75 Å². The van der Waals surface area contributed by atoms with Crippen molar-refractivity contribution in [2.45, 2.75) is 18.9 Å². The van der Waals surface area contributed by atoms with Gasteiger partial charge in [-0.1, -0.05) is 30.3 Å². The fraction of sp³-hybridized carbons (Fsp3) is 0.286. The summed E-state index contributed by atoms with van der Waals surface area (Å²) in [4.78, 5) is 44.0. The monoisotopic (exact) mass is 304 g/mol. The maximum Gasteiger partial charge on any atom is 0.358 e. The van der Waals surface area contributed by atoms with Gasteiger partial charge in [0, 0.05) is 24.2 Å². The van der Waals surface area contributed by atoms with Gasteiger partial charge in [0.05, 0.1) is 5.04 Å². The fourth-order valence-corrected chi connectivity index (χ4v) is 3.07. The molecule has 2 heterocycles. The molecule has 21 heavy (non-hydrogen) atoms. The number of imide groups is 1. The van der Waals surface area contributed by atoms with Crippen LogP contribution in [0.25, 0.3) is 0 Å². The van der Waals surface area contributed by atoms with E-state index >= 15 is 0 Å². The van der Waals surface area contributed by atoms with E-state index in [1.54, 1.807) is 0 Å². The van der Waals surface area contributed by atoms with Gasteiger partial charge in [-0.3, -0.25) is 14.6 Å². The summed E-state index contributed by atoms with van der Waals surface area (Å²) < 4.78 is 0. The molecule has 2 aliphatic heterocycles. The summed E-state index contributed by atoms with van der Waals surface area (Å²) in [5.74, 6) is -1.19. The van der Waals surface area contributed by atoms with Gasteiger partial charge < -0.3 is 4.84 Å². The number of aliphatic imine (C=N–C) groups is 1. The molecule has 108 valence electrons. The van der Waals surface area contributed by atoms with Crippen LogP contribution in [-0.4, -0.2) is 39.7 Å². The Labute approximate surface area is 125 Å². The Kier molecular flexibility index (Phi) is 3.74. The Balaban J connectivity index is 1.68. The van der Waals surface area contributed by atoms with Crippen LogP contribution in [0.15, 0.2) is 35.3 Å². The number of benzene rings is 1. The van der Waals surface area contributed by atoms with Crippen molar-refractivity contribution in [1.29, 1.82) is 0 Å². The van der Waals surface area contributed by atoms with Gasteiger partial charge in [-0.05, 0) is 0 Å². The van der Waals surface area contributed by atoms with Crippen molar-refractivity contribution >= 4 is 34.6 Å². The molecule has 6 nitrogen and oxygen atoms in total. The molecule has 0 aromatic heterocycles. The second-order valence-corrected chi connectivity index (χ2v) is 5.63. The van der Waals surface area contributed by atoms with Crippen molar-refractivity contribution in [3.63, 3.8) is 0 Å². The van der Waals surface area contributed by atoms with Crippen LogP contribution in [0.2, 0.25) is 0 Å². The van der Waals surface area contributed by atoms with Gasteiger partial charge in [0.2, 0.25) is 0 Å². The summed E-state index contributed by atoms with van der Waals surface area (Å²) >= 11 is 1.45. The smallest absolute Gasteiger partial charge is 0.328 e. The molecule has 7 heteroatoms. The highest BCUT2D eigenvalue weighted by molar-refractivity contribution is 8.14. The molecule has 0 saturated carbocycles. The topological polar surface area (TPSA) is 76.0 Å². The van der Waals surface area contributed by atoms with Crippen LogP contribution in [0.5, 0.6) is 0 Å². The van der Waals surface area contributed by atoms with Gasteiger partial charge in [-0.2, -0.15) is 0 Å². The van der Waals surface area contributed by atoms with E-state index in [1.807, 2.05) is 30.3 Å². The summed E-state index contributed by atoms with van der Waals surface area (Å²) in [6.45, 7) is 0. The van der Waals surface area contributed by atoms with Crippen molar-refractivity contribution in [1.82, 2.24) is 5.06 Å². The molecule has 2 amide bonds. The number of nitrogens with zero attached hydrogens (tertiary/aromatic N) is 2. The van der Waals surface area contributed by atoms with Crippen molar-refractivity contribution in [3.05, 3.63) is 35.9 Å². The van der Waals surface area contributed by atoms with Gasteiger partial charge in [-0.25, -0.2) is 4.79 Å². The number of hydrogen-bond donors (Lipinski definition) is 0. The van der Waals surface area contributed by atoms with Crippen LogP contribution in [0, 0.1) is 0 Å². The molecule has 0 spiro atoms. The van der Waals surface area contributed by atoms with Gasteiger partial charge in [-0.15, -0.1) is 16.8 Å². The predicted octanol–water partition coefficient (Wildman–Crippen LogP) is 1.16. The molecule has 1 saturated heterocycles. The number of hydrogen-bond acceptors (Lipinski definition) is 6. The average molecular weight is 304 g/mol. The van der Waals surface area contributed by atoms with Crippen molar-refractivity contribution < 1.29 is 19.2 Å². The van der Waals surface area contributed by atoms with E-state index in [4.69, 9.17) is 4.84 Å². The lowest BCUT2D eigenvalue weighted by Crippen LogP contribution is -2.36. The van der Waals surface area contributed by atoms with Gasteiger partial charge >= 0.3 is 5.97 Å². The lowest BCUT2D eigenvalue weighted by Gasteiger charge is -2.13. The number of hydroxylamine groups is 2. The number of amides is 2. The first-order valence-electron chi connectivity index (χ1n) is 6.49. The molecule has 1 atom stereocenters. The van der Waals surface area contributed by atoms with Crippen LogP contribution < -0.4 is 0 Å². The first-order valence-corrected chi connectivity index (χ1v) is 7.47. The van der Waals surface area contributed by atoms with E-state index in [-0.39, 0.29) is 12.8 Å². The molecule has 1 aromatic carbocycles. The molecular weight excluding hydrogens is 292 g/mol. The summed E-state index contributed by atoms with van der Waals surface area (Å²) in [7, 11) is 0. The molecule has 0 radical (unpaired) electrons. The second kappa shape index (κ2) is 5.69. The number of thioether (sulfide) groups is 1. The minimum absolute atomic E-state index is 0.0874. The fourth-order valence-electron chi connectivity index (χ4n) is 2.04. The quantitative estimate of drug-likeness (QED) is 0.783. The lowest BCUT2D eigenvalue weighted by molar-refractivity contribution is -0.197. The minimum Gasteiger partial charge on any atom is -0.328 e. The first-order chi connectivity index (χ1) is 10.1. The van der Waals surface area contributed by atoms with E-state index in [9.17, 15) is 14.4 Å². The number of rotatable bonds is 3. The predicted molar refractivity (Wildman–Crippen MR) is 76.4 cm³/mol. The first kappa shape index (κ1) is 13.8. The molecule has 3 rings (SSSR count). The molecule has 1 unspecified atom stereocenters.